The van der Waals surface area contributed by atoms with Gasteiger partial charge in [-0.3, -0.25) is 59.5 Å². The molecule has 3 aliphatic rings. The summed E-state index contributed by atoms with van der Waals surface area (Å²) in [5, 5.41) is 95.9. The molecule has 3 aliphatic heterocycles. The summed E-state index contributed by atoms with van der Waals surface area (Å²) in [6.45, 7) is -1.69. The van der Waals surface area contributed by atoms with Gasteiger partial charge >= 0.3 is 296 Å². The van der Waals surface area contributed by atoms with Crippen LogP contribution in [0.3, 0.4) is 0 Å². The van der Waals surface area contributed by atoms with Crippen molar-refractivity contribution in [2.24, 2.45) is 0 Å². The number of hydrogen-bond acceptors (Lipinski definition) is 49. The quantitative estimate of drug-likeness (QED) is 0.00852. The Morgan fingerprint density at radius 2 is 0.827 bits per heavy atom. The van der Waals surface area contributed by atoms with Crippen molar-refractivity contribution in [1.29, 1.82) is 0 Å². The standard InChI is InChI=1S/C19H34N2O41S9.10Na/c1-4-7(20-63-57-51-24)11(47-66-60-54-27)9(5(41-4)2-39-69(30,31)32)43-19-16(50-71(36,37)38)14(49-68-62-56-29)13(15(45-19)17(22)23)44-18-8(21-64-58-52-25)12(48-67-61-55-28)10(46-65-59-53-26)6(42-18)3-40-70(33,34)35;;;;;;;;;;/h4-16,18-21,24-29H,2-3H2,1H3,(H,22,23)(H,30,31,32)(H,33,34,35)(H,36,37,38);;;;;;;;;;/q;10*+1/p-10/t4-,5?,6?,7?,8?,9-,10-,11+,12+,13+,14-,15?,16?,18-,19+;;;;;;;;;;/m0........../s1. The van der Waals surface area contributed by atoms with Crippen LogP contribution < -0.4 is 342 Å². The average molecular weight is 1450 g/mol. The van der Waals surface area contributed by atoms with E-state index < -0.39 is 167 Å². The Kier molecular flexibility index (Phi) is 77.9. The number of nitrogens with one attached hydrogen (secondary N) is 2. The number of carboxylic acids is 1. The van der Waals surface area contributed by atoms with Crippen molar-refractivity contribution in [3.8, 4) is 0 Å². The van der Waals surface area contributed by atoms with E-state index in [1.54, 1.807) is 0 Å². The van der Waals surface area contributed by atoms with Crippen LogP contribution in [0.4, 0.5) is 0 Å². The van der Waals surface area contributed by atoms with Crippen molar-refractivity contribution >= 4 is 111 Å². The minimum atomic E-state index is -6.22. The molecular formula is C19H24N2Na10O41S9. The molecule has 0 aromatic carbocycles. The molecule has 62 heteroatoms. The smallest absolute Gasteiger partial charge is 0.726 e. The Morgan fingerprint density at radius 3 is 1.22 bits per heavy atom. The Bertz CT molecular complexity index is 1890. The summed E-state index contributed by atoms with van der Waals surface area (Å²) in [6.07, 6.45) is -30.7. The molecule has 0 aromatic rings. The van der Waals surface area contributed by atoms with E-state index in [1.165, 1.54) is 6.92 Å². The second kappa shape index (κ2) is 58.9. The normalized spacial score (nSPS) is 28.0. The van der Waals surface area contributed by atoms with Crippen molar-refractivity contribution < 1.29 is 485 Å². The number of rotatable bonds is 37. The molecule has 3 fully saturated rings. The van der Waals surface area contributed by atoms with Crippen LogP contribution in [0.5, 0.6) is 0 Å². The maximum absolute atomic E-state index is 13.0. The van der Waals surface area contributed by atoms with E-state index in [9.17, 15) is 80.4 Å². The molecule has 15 atom stereocenters. The maximum atomic E-state index is 13.0. The number of hydrogen-bond donors (Lipinski definition) is 2. The summed E-state index contributed by atoms with van der Waals surface area (Å²) >= 11 is -1.94. The van der Waals surface area contributed by atoms with Crippen LogP contribution in [-0.2, 0) is 145 Å². The van der Waals surface area contributed by atoms with E-state index in [0.717, 1.165) is 0 Å². The SMILES string of the molecule is C[C@@H]1OC(COS(=O)(=O)[O-])[C@H](O[C@@H]2OC(C(=O)[O-])[C@H](O[C@@H]3OC(COS(=O)(=O)[O-])[C@H](OSOO[O-])[C@H](OSOO[O-])C3NSOO[O-])[C@H](OSOO[O-])C2OS(=O)(=O)[O-])[C@H](OSOO[O-])C1NSOO[O-].[Na+].[Na+].[Na+].[Na+].[Na+].[Na+].[Na+].[Na+].[Na+].[Na+]. The Morgan fingerprint density at radius 1 is 0.457 bits per heavy atom. The minimum absolute atomic E-state index is 0. The molecule has 2 N–H and O–H groups in total. The average Bonchev–Trinajstić information content (AvgIpc) is 3.28. The molecule has 81 heavy (non-hydrogen) atoms. The number of carbonyl (C=O) groups excluding carboxylic acids is 1. The zero-order chi connectivity index (χ0) is 52.8. The number of carboxylic acid groups (broad SMARTS) is 1. The molecule has 0 bridgehead atoms. The molecule has 0 radical (unpaired) electrons. The molecule has 0 amide bonds. The third-order valence-corrected chi connectivity index (χ3v) is 12.1. The van der Waals surface area contributed by atoms with E-state index in [4.69, 9.17) is 40.4 Å². The summed E-state index contributed by atoms with van der Waals surface area (Å²) < 4.78 is 198. The largest absolute Gasteiger partial charge is 1.00 e. The maximum Gasteiger partial charge on any atom is 1.00 e. The zero-order valence-electron chi connectivity index (χ0n) is 43.0. The molecule has 420 valence electrons. The fraction of sp³-hybridized carbons (Fsp3) is 0.947. The van der Waals surface area contributed by atoms with Gasteiger partial charge in [-0.2, -0.15) is 8.67 Å². The van der Waals surface area contributed by atoms with Crippen molar-refractivity contribution in [3.05, 3.63) is 0 Å². The van der Waals surface area contributed by atoms with Gasteiger partial charge in [0.2, 0.25) is 31.2 Å². The second-order valence-electron chi connectivity index (χ2n) is 12.0. The Hall–Kier alpha value is 10.0. The van der Waals surface area contributed by atoms with Gasteiger partial charge in [0.15, 0.2) is 68.0 Å². The van der Waals surface area contributed by atoms with Gasteiger partial charge in [0.1, 0.15) is 85.4 Å². The summed E-state index contributed by atoms with van der Waals surface area (Å²) in [4.78, 5) is 13.0. The van der Waals surface area contributed by atoms with Crippen molar-refractivity contribution in [2.45, 2.75) is 98.7 Å². The summed E-state index contributed by atoms with van der Waals surface area (Å²) in [5.74, 6) is -2.47. The van der Waals surface area contributed by atoms with Crippen molar-refractivity contribution in [3.63, 3.8) is 0 Å². The zero-order valence-corrected chi connectivity index (χ0v) is 70.3. The number of carbonyl (C=O) groups is 1. The topological polar surface area (TPSA) is 596 Å². The summed E-state index contributed by atoms with van der Waals surface area (Å²) in [7, 11) is -17.6. The van der Waals surface area contributed by atoms with Gasteiger partial charge in [0.05, 0.1) is 31.3 Å². The van der Waals surface area contributed by atoms with Crippen molar-refractivity contribution in [1.82, 2.24) is 9.44 Å². The molecule has 3 heterocycles. The molecule has 0 aromatic heterocycles. The van der Waals surface area contributed by atoms with Crippen LogP contribution in [0.2, 0.25) is 0 Å². The fourth-order valence-corrected chi connectivity index (χ4v) is 9.39. The van der Waals surface area contributed by atoms with Crippen LogP contribution in [-0.4, -0.2) is 150 Å². The van der Waals surface area contributed by atoms with E-state index in [-0.39, 0.29) is 345 Å². The van der Waals surface area contributed by atoms with E-state index >= 15 is 0 Å². The van der Waals surface area contributed by atoms with Crippen LogP contribution in [0.1, 0.15) is 6.92 Å². The van der Waals surface area contributed by atoms with Crippen LogP contribution in [0.15, 0.2) is 0 Å². The molecule has 0 aliphatic carbocycles. The van der Waals surface area contributed by atoms with Gasteiger partial charge < -0.3 is 78.8 Å². The van der Waals surface area contributed by atoms with E-state index in [0.29, 0.717) is 0 Å². The third-order valence-electron chi connectivity index (χ3n) is 8.19. The van der Waals surface area contributed by atoms with Crippen LogP contribution >= 0.6 is 73.8 Å². The molecular weight excluding hydrogens is 1430 g/mol. The predicted molar refractivity (Wildman–Crippen MR) is 184 cm³/mol. The van der Waals surface area contributed by atoms with Crippen LogP contribution in [0, 0.1) is 0 Å². The van der Waals surface area contributed by atoms with Crippen LogP contribution in [0.25, 0.3) is 0 Å². The monoisotopic (exact) mass is 1450 g/mol. The van der Waals surface area contributed by atoms with E-state index in [2.05, 4.69) is 78.2 Å². The Balaban J connectivity index is -0.000000888. The number of ether oxygens (including phenoxy) is 5. The predicted octanol–water partition coefficient (Wildman–Crippen LogP) is -41.2. The first-order chi connectivity index (χ1) is 33.6. The minimum Gasteiger partial charge on any atom is -0.726 e. The third kappa shape index (κ3) is 41.9. The van der Waals surface area contributed by atoms with Gasteiger partial charge in [-0.25, -0.2) is 34.7 Å². The summed E-state index contributed by atoms with van der Waals surface area (Å²) in [5.41, 5.74) is 0. The molecule has 3 saturated heterocycles. The van der Waals surface area contributed by atoms with Gasteiger partial charge in [-0.05, 0) is 6.92 Å². The molecule has 0 saturated carbocycles. The first-order valence-corrected chi connectivity index (χ1v) is 25.0. The van der Waals surface area contributed by atoms with Crippen molar-refractivity contribution in [2.75, 3.05) is 13.2 Å². The first kappa shape index (κ1) is 107. The molecule has 0 spiro atoms. The Labute approximate surface area is 704 Å². The van der Waals surface area contributed by atoms with Gasteiger partial charge in [0, 0.05) is 0 Å². The first-order valence-electron chi connectivity index (χ1n) is 16.9. The fourth-order valence-electron chi connectivity index (χ4n) is 5.89. The van der Waals surface area contributed by atoms with E-state index in [1.807, 2.05) is 0 Å². The molecule has 6 unspecified atom stereocenters. The number of aliphatic carboxylic acids is 1. The second-order valence-corrected chi connectivity index (χ2v) is 18.1. The molecule has 43 nitrogen and oxygen atoms in total. The van der Waals surface area contributed by atoms with Gasteiger partial charge in [-0.1, -0.05) is 0 Å². The van der Waals surface area contributed by atoms with Gasteiger partial charge in [0.25, 0.3) is 0 Å². The summed E-state index contributed by atoms with van der Waals surface area (Å²) in [6, 6.07) is -3.65. The van der Waals surface area contributed by atoms with Gasteiger partial charge in [-0.15, -0.1) is 17.3 Å². The molecule has 3 rings (SSSR count).